The number of hydrogen-bond acceptors (Lipinski definition) is 4. The number of rotatable bonds is 4. The fourth-order valence-electron chi connectivity index (χ4n) is 3.00. The molecule has 0 aromatic heterocycles. The summed E-state index contributed by atoms with van der Waals surface area (Å²) in [5, 5.41) is 10.8. The van der Waals surface area contributed by atoms with Crippen molar-refractivity contribution in [1.82, 2.24) is 0 Å². The maximum absolute atomic E-state index is 13.3. The molecule has 21 heavy (non-hydrogen) atoms. The smallest absolute Gasteiger partial charge is 0.270 e. The van der Waals surface area contributed by atoms with E-state index >= 15 is 0 Å². The summed E-state index contributed by atoms with van der Waals surface area (Å²) >= 11 is 0. The Morgan fingerprint density at radius 2 is 2.24 bits per heavy atom. The number of alkyl halides is 2. The van der Waals surface area contributed by atoms with Crippen molar-refractivity contribution in [2.75, 3.05) is 18.0 Å². The molecule has 0 aliphatic carbocycles. The predicted octanol–water partition coefficient (Wildman–Crippen LogP) is 3.10. The van der Waals surface area contributed by atoms with Crippen LogP contribution in [0.5, 0.6) is 0 Å². The molecule has 0 spiro atoms. The van der Waals surface area contributed by atoms with Crippen molar-refractivity contribution in [2.45, 2.75) is 32.2 Å². The Morgan fingerprint density at radius 1 is 1.52 bits per heavy atom. The first-order chi connectivity index (χ1) is 9.95. The number of benzene rings is 1. The van der Waals surface area contributed by atoms with Gasteiger partial charge in [0.25, 0.3) is 12.1 Å². The van der Waals surface area contributed by atoms with Gasteiger partial charge in [-0.1, -0.05) is 6.92 Å². The van der Waals surface area contributed by atoms with Gasteiger partial charge in [-0.3, -0.25) is 10.1 Å². The lowest BCUT2D eigenvalue weighted by atomic mass is 9.90. The molecule has 7 heteroatoms. The minimum atomic E-state index is -2.75. The lowest BCUT2D eigenvalue weighted by Crippen LogP contribution is -2.49. The highest BCUT2D eigenvalue weighted by atomic mass is 19.3. The van der Waals surface area contributed by atoms with Gasteiger partial charge in [0.1, 0.15) is 0 Å². The van der Waals surface area contributed by atoms with Gasteiger partial charge in [0.2, 0.25) is 0 Å². The molecular formula is C14H19F2N3O2. The SMILES string of the molecule is CC1CCCN(c2ccc([N+](=O)[O-])cc2C(F)F)C1CN. The molecule has 116 valence electrons. The van der Waals surface area contributed by atoms with E-state index in [0.29, 0.717) is 24.7 Å². The zero-order chi connectivity index (χ0) is 15.6. The summed E-state index contributed by atoms with van der Waals surface area (Å²) in [7, 11) is 0. The van der Waals surface area contributed by atoms with Crippen molar-refractivity contribution < 1.29 is 13.7 Å². The molecule has 0 saturated carbocycles. The van der Waals surface area contributed by atoms with E-state index in [9.17, 15) is 18.9 Å². The van der Waals surface area contributed by atoms with Gasteiger partial charge >= 0.3 is 0 Å². The highest BCUT2D eigenvalue weighted by molar-refractivity contribution is 5.59. The van der Waals surface area contributed by atoms with Crippen LogP contribution in [0.1, 0.15) is 31.8 Å². The number of hydrogen-bond donors (Lipinski definition) is 1. The zero-order valence-electron chi connectivity index (χ0n) is 11.8. The number of piperidine rings is 1. The summed E-state index contributed by atoms with van der Waals surface area (Å²) in [5.41, 5.74) is 5.54. The fourth-order valence-corrected chi connectivity index (χ4v) is 3.00. The lowest BCUT2D eigenvalue weighted by molar-refractivity contribution is -0.385. The monoisotopic (exact) mass is 299 g/mol. The molecule has 2 N–H and O–H groups in total. The van der Waals surface area contributed by atoms with Crippen LogP contribution in [0, 0.1) is 16.0 Å². The van der Waals surface area contributed by atoms with Gasteiger partial charge < -0.3 is 10.6 Å². The zero-order valence-corrected chi connectivity index (χ0v) is 11.8. The number of nitrogens with two attached hydrogens (primary N) is 1. The molecular weight excluding hydrogens is 280 g/mol. The van der Waals surface area contributed by atoms with Crippen LogP contribution in [0.3, 0.4) is 0 Å². The van der Waals surface area contributed by atoms with Crippen molar-refractivity contribution in [3.05, 3.63) is 33.9 Å². The highest BCUT2D eigenvalue weighted by Crippen LogP contribution is 2.37. The van der Waals surface area contributed by atoms with Gasteiger partial charge in [-0.05, 0) is 24.8 Å². The molecule has 2 atom stereocenters. The topological polar surface area (TPSA) is 72.4 Å². The molecule has 2 rings (SSSR count). The summed E-state index contributed by atoms with van der Waals surface area (Å²) in [6.45, 7) is 3.07. The minimum absolute atomic E-state index is 0.0160. The second kappa shape index (κ2) is 6.34. The molecule has 5 nitrogen and oxygen atoms in total. The van der Waals surface area contributed by atoms with E-state index in [4.69, 9.17) is 5.73 Å². The Morgan fingerprint density at radius 3 is 2.81 bits per heavy atom. The molecule has 1 aromatic carbocycles. The quantitative estimate of drug-likeness (QED) is 0.685. The normalized spacial score (nSPS) is 22.6. The predicted molar refractivity (Wildman–Crippen MR) is 76.6 cm³/mol. The summed E-state index contributed by atoms with van der Waals surface area (Å²) in [5.74, 6) is 0.310. The molecule has 1 fully saturated rings. The van der Waals surface area contributed by atoms with Gasteiger partial charge in [-0.25, -0.2) is 8.78 Å². The summed E-state index contributed by atoms with van der Waals surface area (Å²) in [4.78, 5) is 12.0. The molecule has 1 heterocycles. The average Bonchev–Trinajstić information content (AvgIpc) is 2.46. The van der Waals surface area contributed by atoms with Crippen LogP contribution in [0.25, 0.3) is 0 Å². The van der Waals surface area contributed by atoms with Crippen LogP contribution in [0.2, 0.25) is 0 Å². The standard InChI is InChI=1S/C14H19F2N3O2/c1-9-3-2-6-18(13(9)8-17)12-5-4-10(19(20)21)7-11(12)14(15)16/h4-5,7,9,13-14H,2-3,6,8,17H2,1H3. The summed E-state index contributed by atoms with van der Waals surface area (Å²) < 4.78 is 26.5. The second-order valence-corrected chi connectivity index (χ2v) is 5.42. The molecule has 2 unspecified atom stereocenters. The van der Waals surface area contributed by atoms with E-state index in [0.717, 1.165) is 18.9 Å². The number of nitro groups is 1. The van der Waals surface area contributed by atoms with E-state index in [1.54, 1.807) is 0 Å². The second-order valence-electron chi connectivity index (χ2n) is 5.42. The third-order valence-electron chi connectivity index (χ3n) is 4.12. The van der Waals surface area contributed by atoms with Crippen LogP contribution in [-0.4, -0.2) is 24.1 Å². The third kappa shape index (κ3) is 3.12. The average molecular weight is 299 g/mol. The number of non-ortho nitro benzene ring substituents is 1. The van der Waals surface area contributed by atoms with Crippen LogP contribution in [-0.2, 0) is 0 Å². The van der Waals surface area contributed by atoms with Crippen molar-refractivity contribution >= 4 is 11.4 Å². The van der Waals surface area contributed by atoms with Gasteiger partial charge in [0.05, 0.1) is 4.92 Å². The fraction of sp³-hybridized carbons (Fsp3) is 0.571. The number of nitrogens with zero attached hydrogens (tertiary/aromatic N) is 2. The Hall–Kier alpha value is -1.76. The van der Waals surface area contributed by atoms with E-state index in [2.05, 4.69) is 6.92 Å². The first-order valence-electron chi connectivity index (χ1n) is 6.99. The largest absolute Gasteiger partial charge is 0.367 e. The molecule has 1 aliphatic rings. The number of anilines is 1. The number of nitro benzene ring substituents is 1. The summed E-state index contributed by atoms with van der Waals surface area (Å²) in [6.07, 6.45) is -0.845. The highest BCUT2D eigenvalue weighted by Gasteiger charge is 2.31. The Bertz CT molecular complexity index is 525. The minimum Gasteiger partial charge on any atom is -0.367 e. The summed E-state index contributed by atoms with van der Waals surface area (Å²) in [6, 6.07) is 3.64. The van der Waals surface area contributed by atoms with Gasteiger partial charge in [-0.2, -0.15) is 0 Å². The van der Waals surface area contributed by atoms with E-state index < -0.39 is 11.3 Å². The molecule has 0 radical (unpaired) electrons. The van der Waals surface area contributed by atoms with E-state index in [1.807, 2.05) is 4.90 Å². The van der Waals surface area contributed by atoms with Crippen molar-refractivity contribution in [3.63, 3.8) is 0 Å². The van der Waals surface area contributed by atoms with Crippen molar-refractivity contribution in [2.24, 2.45) is 11.7 Å². The van der Waals surface area contributed by atoms with E-state index in [-0.39, 0.29) is 17.3 Å². The van der Waals surface area contributed by atoms with E-state index in [1.165, 1.54) is 12.1 Å². The van der Waals surface area contributed by atoms with Crippen LogP contribution >= 0.6 is 0 Å². The maximum Gasteiger partial charge on any atom is 0.270 e. The third-order valence-corrected chi connectivity index (χ3v) is 4.12. The lowest BCUT2D eigenvalue weighted by Gasteiger charge is -2.41. The van der Waals surface area contributed by atoms with Crippen molar-refractivity contribution in [1.29, 1.82) is 0 Å². The van der Waals surface area contributed by atoms with Crippen LogP contribution in [0.4, 0.5) is 20.2 Å². The molecule has 0 bridgehead atoms. The van der Waals surface area contributed by atoms with Gasteiger partial charge in [-0.15, -0.1) is 0 Å². The Kier molecular flexibility index (Phi) is 4.72. The molecule has 1 aromatic rings. The first-order valence-corrected chi connectivity index (χ1v) is 6.99. The molecule has 1 saturated heterocycles. The Labute approximate surface area is 121 Å². The number of halogens is 2. The van der Waals surface area contributed by atoms with Crippen LogP contribution in [0.15, 0.2) is 18.2 Å². The first kappa shape index (κ1) is 15.6. The van der Waals surface area contributed by atoms with Gasteiger partial charge in [0, 0.05) is 42.5 Å². The molecule has 1 aliphatic heterocycles. The van der Waals surface area contributed by atoms with Gasteiger partial charge in [0.15, 0.2) is 0 Å². The maximum atomic E-state index is 13.3. The van der Waals surface area contributed by atoms with Crippen LogP contribution < -0.4 is 10.6 Å². The Balaban J connectivity index is 2.44. The van der Waals surface area contributed by atoms with Crippen molar-refractivity contribution in [3.8, 4) is 0 Å². The molecule has 0 amide bonds.